The number of ether oxygens (including phenoxy) is 1. The maximum atomic E-state index is 11.4. The lowest BCUT2D eigenvalue weighted by molar-refractivity contribution is 0.206. The molecule has 5 heteroatoms. The number of nitrogens with one attached hydrogen (secondary N) is 1. The second-order valence-electron chi connectivity index (χ2n) is 3.32. The molecule has 0 fully saturated rings. The summed E-state index contributed by atoms with van der Waals surface area (Å²) in [6.07, 6.45) is 1.66. The highest BCUT2D eigenvalue weighted by Gasteiger charge is 2.06. The Morgan fingerprint density at radius 2 is 2.12 bits per heavy atom. The minimum absolute atomic E-state index is 0.458. The SMILES string of the molecule is CCCCSC(=S)NC(=O)Oc1ccccc1. The summed E-state index contributed by atoms with van der Waals surface area (Å²) in [5.74, 6) is 1.42. The van der Waals surface area contributed by atoms with Crippen LogP contribution < -0.4 is 10.1 Å². The highest BCUT2D eigenvalue weighted by molar-refractivity contribution is 8.23. The molecule has 0 heterocycles. The molecule has 1 rings (SSSR count). The first kappa shape index (κ1) is 14.0. The highest BCUT2D eigenvalue weighted by atomic mass is 32.2. The molecule has 1 aromatic carbocycles. The molecule has 1 amide bonds. The first-order valence-electron chi connectivity index (χ1n) is 5.43. The number of thioether (sulfide) groups is 1. The monoisotopic (exact) mass is 269 g/mol. The van der Waals surface area contributed by atoms with Crippen LogP contribution in [0.3, 0.4) is 0 Å². The van der Waals surface area contributed by atoms with E-state index >= 15 is 0 Å². The van der Waals surface area contributed by atoms with E-state index < -0.39 is 6.09 Å². The van der Waals surface area contributed by atoms with E-state index in [9.17, 15) is 4.79 Å². The minimum Gasteiger partial charge on any atom is -0.410 e. The number of unbranched alkanes of at least 4 members (excludes halogenated alkanes) is 1. The third kappa shape index (κ3) is 6.28. The van der Waals surface area contributed by atoms with E-state index in [0.717, 1.165) is 18.6 Å². The van der Waals surface area contributed by atoms with Gasteiger partial charge in [0.15, 0.2) is 0 Å². The molecule has 92 valence electrons. The van der Waals surface area contributed by atoms with Gasteiger partial charge < -0.3 is 4.74 Å². The number of hydrogen-bond donors (Lipinski definition) is 1. The summed E-state index contributed by atoms with van der Waals surface area (Å²) in [6, 6.07) is 8.89. The lowest BCUT2D eigenvalue weighted by Gasteiger charge is -2.06. The topological polar surface area (TPSA) is 38.3 Å². The molecule has 0 atom stereocenters. The van der Waals surface area contributed by atoms with Crippen molar-refractivity contribution in [3.63, 3.8) is 0 Å². The Kier molecular flexibility index (Phi) is 6.65. The number of benzene rings is 1. The van der Waals surface area contributed by atoms with Gasteiger partial charge in [-0.3, -0.25) is 5.32 Å². The van der Waals surface area contributed by atoms with Gasteiger partial charge in [-0.2, -0.15) is 0 Å². The van der Waals surface area contributed by atoms with Crippen molar-refractivity contribution in [2.75, 3.05) is 5.75 Å². The van der Waals surface area contributed by atoms with E-state index in [-0.39, 0.29) is 0 Å². The van der Waals surface area contributed by atoms with Gasteiger partial charge in [-0.05, 0) is 18.6 Å². The smallest absolute Gasteiger partial charge is 0.410 e. The van der Waals surface area contributed by atoms with Gasteiger partial charge in [-0.1, -0.05) is 55.5 Å². The van der Waals surface area contributed by atoms with Crippen LogP contribution in [0.2, 0.25) is 0 Å². The molecule has 1 N–H and O–H groups in total. The van der Waals surface area contributed by atoms with Crippen molar-refractivity contribution < 1.29 is 9.53 Å². The zero-order chi connectivity index (χ0) is 12.5. The Morgan fingerprint density at radius 1 is 1.41 bits per heavy atom. The van der Waals surface area contributed by atoms with Crippen molar-refractivity contribution in [3.05, 3.63) is 30.3 Å². The van der Waals surface area contributed by atoms with Gasteiger partial charge in [0, 0.05) is 5.75 Å². The molecule has 0 aliphatic heterocycles. The number of thiocarbonyl (C=S) groups is 1. The van der Waals surface area contributed by atoms with Gasteiger partial charge in [0.2, 0.25) is 0 Å². The second kappa shape index (κ2) is 8.08. The minimum atomic E-state index is -0.537. The normalized spacial score (nSPS) is 9.71. The number of amides is 1. The van der Waals surface area contributed by atoms with Crippen LogP contribution in [-0.2, 0) is 0 Å². The highest BCUT2D eigenvalue weighted by Crippen LogP contribution is 2.09. The van der Waals surface area contributed by atoms with Gasteiger partial charge in [-0.15, -0.1) is 0 Å². The van der Waals surface area contributed by atoms with Crippen molar-refractivity contribution >= 4 is 34.4 Å². The number of hydrogen-bond acceptors (Lipinski definition) is 4. The second-order valence-corrected chi connectivity index (χ2v) is 5.09. The number of carbonyl (C=O) groups is 1. The molecular formula is C12H15NO2S2. The quantitative estimate of drug-likeness (QED) is 0.669. The van der Waals surface area contributed by atoms with Crippen molar-refractivity contribution in [1.29, 1.82) is 0 Å². The number of rotatable bonds is 4. The van der Waals surface area contributed by atoms with E-state index in [1.165, 1.54) is 11.8 Å². The summed E-state index contributed by atoms with van der Waals surface area (Å²) in [5.41, 5.74) is 0. The van der Waals surface area contributed by atoms with Crippen LogP contribution in [0.5, 0.6) is 5.75 Å². The van der Waals surface area contributed by atoms with E-state index in [1.807, 2.05) is 6.07 Å². The van der Waals surface area contributed by atoms with Crippen LogP contribution in [0.4, 0.5) is 4.79 Å². The lowest BCUT2D eigenvalue weighted by Crippen LogP contribution is -2.30. The summed E-state index contributed by atoms with van der Waals surface area (Å²) in [4.78, 5) is 11.4. The Hall–Kier alpha value is -1.07. The average Bonchev–Trinajstić information content (AvgIpc) is 2.30. The largest absolute Gasteiger partial charge is 0.418 e. The van der Waals surface area contributed by atoms with Gasteiger partial charge in [0.1, 0.15) is 10.1 Å². The van der Waals surface area contributed by atoms with E-state index in [4.69, 9.17) is 17.0 Å². The Labute approximate surface area is 111 Å². The molecule has 0 spiro atoms. The summed E-state index contributed by atoms with van der Waals surface area (Å²) < 4.78 is 5.50. The summed E-state index contributed by atoms with van der Waals surface area (Å²) in [7, 11) is 0. The molecule has 0 saturated carbocycles. The lowest BCUT2D eigenvalue weighted by atomic mass is 10.3. The van der Waals surface area contributed by atoms with E-state index in [1.54, 1.807) is 24.3 Å². The van der Waals surface area contributed by atoms with Crippen LogP contribution in [0.1, 0.15) is 19.8 Å². The molecule has 1 aromatic rings. The fourth-order valence-corrected chi connectivity index (χ4v) is 2.16. The first-order chi connectivity index (χ1) is 8.22. The van der Waals surface area contributed by atoms with Crippen LogP contribution in [0.25, 0.3) is 0 Å². The summed E-state index contributed by atoms with van der Waals surface area (Å²) in [6.45, 7) is 2.11. The molecule has 0 aliphatic carbocycles. The van der Waals surface area contributed by atoms with Crippen LogP contribution in [0.15, 0.2) is 30.3 Å². The molecule has 0 aromatic heterocycles. The van der Waals surface area contributed by atoms with Crippen molar-refractivity contribution in [2.24, 2.45) is 0 Å². The molecule has 3 nitrogen and oxygen atoms in total. The summed E-state index contributed by atoms with van der Waals surface area (Å²) in [5, 5.41) is 2.52. The Balaban J connectivity index is 2.27. The number of carbonyl (C=O) groups excluding carboxylic acids is 1. The maximum Gasteiger partial charge on any atom is 0.418 e. The molecule has 0 bridgehead atoms. The Bertz CT molecular complexity index is 368. The number of para-hydroxylation sites is 1. The molecule has 0 saturated heterocycles. The molecule has 0 aliphatic rings. The standard InChI is InChI=1S/C12H15NO2S2/c1-2-3-9-17-12(16)13-11(14)15-10-7-5-4-6-8-10/h4-8H,2-3,9H2,1H3,(H,13,14,16). The third-order valence-corrected chi connectivity index (χ3v) is 3.20. The summed E-state index contributed by atoms with van der Waals surface area (Å²) >= 11 is 6.47. The average molecular weight is 269 g/mol. The predicted molar refractivity (Wildman–Crippen MR) is 75.6 cm³/mol. The zero-order valence-corrected chi connectivity index (χ0v) is 11.3. The van der Waals surface area contributed by atoms with Crippen molar-refractivity contribution in [3.8, 4) is 5.75 Å². The molecule has 0 unspecified atom stereocenters. The zero-order valence-electron chi connectivity index (χ0n) is 9.64. The van der Waals surface area contributed by atoms with Gasteiger partial charge in [-0.25, -0.2) is 4.79 Å². The Morgan fingerprint density at radius 3 is 2.76 bits per heavy atom. The fourth-order valence-electron chi connectivity index (χ4n) is 1.05. The molecular weight excluding hydrogens is 254 g/mol. The van der Waals surface area contributed by atoms with E-state index in [0.29, 0.717) is 10.1 Å². The van der Waals surface area contributed by atoms with Crippen molar-refractivity contribution in [1.82, 2.24) is 5.32 Å². The maximum absolute atomic E-state index is 11.4. The molecule has 0 radical (unpaired) electrons. The van der Waals surface area contributed by atoms with Gasteiger partial charge in [0.05, 0.1) is 0 Å². The van der Waals surface area contributed by atoms with Crippen LogP contribution >= 0.6 is 24.0 Å². The molecule has 17 heavy (non-hydrogen) atoms. The fraction of sp³-hybridized carbons (Fsp3) is 0.333. The van der Waals surface area contributed by atoms with Crippen molar-refractivity contribution in [2.45, 2.75) is 19.8 Å². The van der Waals surface area contributed by atoms with Gasteiger partial charge >= 0.3 is 6.09 Å². The predicted octanol–water partition coefficient (Wildman–Crippen LogP) is 3.59. The first-order valence-corrected chi connectivity index (χ1v) is 6.82. The van der Waals surface area contributed by atoms with E-state index in [2.05, 4.69) is 12.2 Å². The van der Waals surface area contributed by atoms with Crippen LogP contribution in [-0.4, -0.2) is 16.2 Å². The van der Waals surface area contributed by atoms with Crippen LogP contribution in [0, 0.1) is 0 Å². The third-order valence-electron chi connectivity index (χ3n) is 1.89. The van der Waals surface area contributed by atoms with Gasteiger partial charge in [0.25, 0.3) is 0 Å².